The number of fused-ring (bicyclic) bond motifs is 1. The number of anilines is 1. The first-order valence-corrected chi connectivity index (χ1v) is 12.6. The van der Waals surface area contributed by atoms with Gasteiger partial charge in [-0.3, -0.25) is 14.8 Å². The first-order valence-electron chi connectivity index (χ1n) is 10.7. The van der Waals surface area contributed by atoms with E-state index >= 15 is 0 Å². The highest BCUT2D eigenvalue weighted by Crippen LogP contribution is 2.25. The molecule has 4 rings (SSSR count). The maximum atomic E-state index is 13.8. The van der Waals surface area contributed by atoms with Crippen LogP contribution in [0.3, 0.4) is 0 Å². The standard InChI is InChI=1S/C25H24FN5O3S/c1-14-6-23(27)31-15(2)21(14)13-30-25(32)17-4-5-28-20(11-17)8-16-7-18-10-19(26)12-29-24(18)22(9-16)35(3,33)34/h4-7,9-12H,8,13H2,1-3H3,(H2,27,31)(H,30,32). The van der Waals surface area contributed by atoms with E-state index in [1.54, 1.807) is 24.3 Å². The predicted octanol–water partition coefficient (Wildman–Crippen LogP) is 3.29. The Hall–Kier alpha value is -3.92. The Kier molecular flexibility index (Phi) is 6.49. The van der Waals surface area contributed by atoms with Crippen LogP contribution in [0.2, 0.25) is 0 Å². The fourth-order valence-electron chi connectivity index (χ4n) is 3.98. The fourth-order valence-corrected chi connectivity index (χ4v) is 4.87. The smallest absolute Gasteiger partial charge is 0.251 e. The van der Waals surface area contributed by atoms with Gasteiger partial charge in [-0.25, -0.2) is 17.8 Å². The molecule has 0 unspecified atom stereocenters. The zero-order valence-corrected chi connectivity index (χ0v) is 20.3. The zero-order chi connectivity index (χ0) is 25.3. The number of halogens is 1. The minimum Gasteiger partial charge on any atom is -0.384 e. The molecule has 0 radical (unpaired) electrons. The minimum atomic E-state index is -3.60. The summed E-state index contributed by atoms with van der Waals surface area (Å²) in [6.07, 6.45) is 3.84. The van der Waals surface area contributed by atoms with Crippen LogP contribution in [0.4, 0.5) is 10.2 Å². The van der Waals surface area contributed by atoms with Crippen LogP contribution in [-0.2, 0) is 22.8 Å². The Balaban J connectivity index is 1.58. The van der Waals surface area contributed by atoms with E-state index in [0.717, 1.165) is 29.3 Å². The van der Waals surface area contributed by atoms with Gasteiger partial charge in [0.25, 0.3) is 5.91 Å². The van der Waals surface area contributed by atoms with Crippen LogP contribution >= 0.6 is 0 Å². The van der Waals surface area contributed by atoms with Gasteiger partial charge in [-0.15, -0.1) is 0 Å². The molecule has 1 aromatic carbocycles. The molecule has 3 N–H and O–H groups in total. The van der Waals surface area contributed by atoms with E-state index in [9.17, 15) is 17.6 Å². The normalized spacial score (nSPS) is 11.5. The van der Waals surface area contributed by atoms with Gasteiger partial charge < -0.3 is 11.1 Å². The SMILES string of the molecule is Cc1cc(N)nc(C)c1CNC(=O)c1ccnc(Cc2cc(S(C)(=O)=O)c3ncc(F)cc3c2)c1. The van der Waals surface area contributed by atoms with E-state index in [1.807, 2.05) is 13.8 Å². The number of aromatic nitrogens is 3. The lowest BCUT2D eigenvalue weighted by Gasteiger charge is -2.12. The van der Waals surface area contributed by atoms with E-state index in [1.165, 1.54) is 18.3 Å². The molecule has 0 bridgehead atoms. The molecule has 35 heavy (non-hydrogen) atoms. The van der Waals surface area contributed by atoms with Crippen LogP contribution in [0.1, 0.15) is 38.4 Å². The second-order valence-corrected chi connectivity index (χ2v) is 10.4. The summed E-state index contributed by atoms with van der Waals surface area (Å²) >= 11 is 0. The largest absolute Gasteiger partial charge is 0.384 e. The maximum Gasteiger partial charge on any atom is 0.251 e. The number of nitrogens with one attached hydrogen (secondary N) is 1. The van der Waals surface area contributed by atoms with E-state index in [2.05, 4.69) is 20.3 Å². The van der Waals surface area contributed by atoms with Crippen LogP contribution in [0.5, 0.6) is 0 Å². The number of benzene rings is 1. The Morgan fingerprint density at radius 2 is 1.89 bits per heavy atom. The molecule has 8 nitrogen and oxygen atoms in total. The second-order valence-electron chi connectivity index (χ2n) is 8.41. The van der Waals surface area contributed by atoms with Crippen LogP contribution < -0.4 is 11.1 Å². The average molecular weight is 494 g/mol. The quantitative estimate of drug-likeness (QED) is 0.422. The second kappa shape index (κ2) is 9.38. The summed E-state index contributed by atoms with van der Waals surface area (Å²) < 4.78 is 38.4. The Morgan fingerprint density at radius 1 is 1.11 bits per heavy atom. The molecule has 10 heteroatoms. The summed E-state index contributed by atoms with van der Waals surface area (Å²) in [5.74, 6) is -0.418. The molecule has 0 fully saturated rings. The van der Waals surface area contributed by atoms with Crippen molar-refractivity contribution in [3.63, 3.8) is 0 Å². The van der Waals surface area contributed by atoms with Gasteiger partial charge in [0.1, 0.15) is 11.6 Å². The van der Waals surface area contributed by atoms with Crippen molar-refractivity contribution in [1.82, 2.24) is 20.3 Å². The highest BCUT2D eigenvalue weighted by Gasteiger charge is 2.17. The fraction of sp³-hybridized carbons (Fsp3) is 0.200. The molecule has 3 aromatic heterocycles. The maximum absolute atomic E-state index is 13.8. The van der Waals surface area contributed by atoms with Gasteiger partial charge in [0, 0.05) is 47.8 Å². The van der Waals surface area contributed by atoms with Crippen LogP contribution in [0, 0.1) is 19.7 Å². The molecule has 1 amide bonds. The van der Waals surface area contributed by atoms with Gasteiger partial charge in [-0.05, 0) is 66.9 Å². The lowest BCUT2D eigenvalue weighted by atomic mass is 10.0. The average Bonchev–Trinajstić information content (AvgIpc) is 2.77. The monoisotopic (exact) mass is 493 g/mol. The first-order chi connectivity index (χ1) is 16.5. The lowest BCUT2D eigenvalue weighted by Crippen LogP contribution is -2.24. The van der Waals surface area contributed by atoms with Crippen molar-refractivity contribution in [2.45, 2.75) is 31.7 Å². The molecule has 0 aliphatic rings. The summed E-state index contributed by atoms with van der Waals surface area (Å²) in [6.45, 7) is 4.04. The van der Waals surface area contributed by atoms with Crippen LogP contribution in [0.25, 0.3) is 10.9 Å². The zero-order valence-electron chi connectivity index (χ0n) is 19.5. The number of carbonyl (C=O) groups excluding carboxylic acids is 1. The van der Waals surface area contributed by atoms with E-state index in [-0.39, 0.29) is 22.7 Å². The van der Waals surface area contributed by atoms with Gasteiger partial charge >= 0.3 is 0 Å². The van der Waals surface area contributed by atoms with Crippen LogP contribution in [0.15, 0.2) is 53.7 Å². The number of aryl methyl sites for hydroxylation is 2. The van der Waals surface area contributed by atoms with Gasteiger partial charge in [-0.1, -0.05) is 0 Å². The summed E-state index contributed by atoms with van der Waals surface area (Å²) in [7, 11) is -3.60. The molecule has 180 valence electrons. The number of nitrogens with zero attached hydrogens (tertiary/aromatic N) is 3. The number of sulfone groups is 1. The number of pyridine rings is 3. The van der Waals surface area contributed by atoms with Gasteiger partial charge in [0.15, 0.2) is 9.84 Å². The van der Waals surface area contributed by atoms with Crippen molar-refractivity contribution in [2.24, 2.45) is 0 Å². The van der Waals surface area contributed by atoms with E-state index in [4.69, 9.17) is 5.73 Å². The minimum absolute atomic E-state index is 0.0155. The number of rotatable bonds is 6. The third-order valence-electron chi connectivity index (χ3n) is 5.64. The summed E-state index contributed by atoms with van der Waals surface area (Å²) in [6, 6.07) is 9.43. The molecule has 3 heterocycles. The molecule has 0 saturated heterocycles. The summed E-state index contributed by atoms with van der Waals surface area (Å²) in [4.78, 5) is 25.3. The molecule has 0 spiro atoms. The third kappa shape index (κ3) is 5.43. The lowest BCUT2D eigenvalue weighted by molar-refractivity contribution is 0.0950. The van der Waals surface area contributed by atoms with Crippen molar-refractivity contribution in [2.75, 3.05) is 12.0 Å². The Morgan fingerprint density at radius 3 is 2.60 bits per heavy atom. The van der Waals surface area contributed by atoms with Gasteiger partial charge in [-0.2, -0.15) is 0 Å². The molecule has 0 saturated carbocycles. The van der Waals surface area contributed by atoms with Crippen molar-refractivity contribution in [3.05, 3.63) is 88.3 Å². The molecule has 4 aromatic rings. The summed E-state index contributed by atoms with van der Waals surface area (Å²) in [5.41, 5.74) is 10.1. The van der Waals surface area contributed by atoms with Gasteiger partial charge in [0.2, 0.25) is 0 Å². The molecular formula is C25H24FN5O3S. The molecule has 0 aliphatic heterocycles. The van der Waals surface area contributed by atoms with Crippen molar-refractivity contribution >= 4 is 32.5 Å². The van der Waals surface area contributed by atoms with Crippen molar-refractivity contribution in [3.8, 4) is 0 Å². The molecule has 0 atom stereocenters. The topological polar surface area (TPSA) is 128 Å². The van der Waals surface area contributed by atoms with Gasteiger partial charge in [0.05, 0.1) is 16.6 Å². The third-order valence-corrected chi connectivity index (χ3v) is 6.75. The Bertz CT molecular complexity index is 1550. The number of hydrogen-bond donors (Lipinski definition) is 2. The van der Waals surface area contributed by atoms with E-state index < -0.39 is 15.7 Å². The van der Waals surface area contributed by atoms with E-state index in [0.29, 0.717) is 34.6 Å². The van der Waals surface area contributed by atoms with Crippen molar-refractivity contribution in [1.29, 1.82) is 0 Å². The highest BCUT2D eigenvalue weighted by atomic mass is 32.2. The Labute approximate surface area is 202 Å². The first kappa shape index (κ1) is 24.2. The number of nitrogens with two attached hydrogens (primary N) is 1. The summed E-state index contributed by atoms with van der Waals surface area (Å²) in [5, 5.41) is 3.26. The highest BCUT2D eigenvalue weighted by molar-refractivity contribution is 7.91. The van der Waals surface area contributed by atoms with Crippen molar-refractivity contribution < 1.29 is 17.6 Å². The number of carbonyl (C=O) groups is 1. The number of amides is 1. The number of nitrogen functional groups attached to an aromatic ring is 1. The predicted molar refractivity (Wildman–Crippen MR) is 131 cm³/mol. The molecular weight excluding hydrogens is 469 g/mol. The van der Waals surface area contributed by atoms with Crippen LogP contribution in [-0.4, -0.2) is 35.5 Å². The number of hydrogen-bond acceptors (Lipinski definition) is 7. The molecule has 0 aliphatic carbocycles.